The van der Waals surface area contributed by atoms with E-state index in [2.05, 4.69) is 5.32 Å². The fraction of sp³-hybridized carbons (Fsp3) is 0.333. The number of aliphatic carboxylic acids is 1. The fourth-order valence-corrected chi connectivity index (χ4v) is 2.96. The van der Waals surface area contributed by atoms with Gasteiger partial charge in [0, 0.05) is 5.56 Å². The van der Waals surface area contributed by atoms with Crippen molar-refractivity contribution in [3.8, 4) is 0 Å². The minimum Gasteiger partial charge on any atom is -0.480 e. The van der Waals surface area contributed by atoms with Crippen LogP contribution in [0.5, 0.6) is 0 Å². The van der Waals surface area contributed by atoms with E-state index in [1.807, 2.05) is 18.2 Å². The van der Waals surface area contributed by atoms with Crippen molar-refractivity contribution in [1.82, 2.24) is 5.32 Å². The lowest BCUT2D eigenvalue weighted by Crippen LogP contribution is -2.49. The van der Waals surface area contributed by atoms with Crippen molar-refractivity contribution in [3.63, 3.8) is 0 Å². The lowest BCUT2D eigenvalue weighted by atomic mass is 9.95. The van der Waals surface area contributed by atoms with Crippen LogP contribution in [-0.4, -0.2) is 48.2 Å². The van der Waals surface area contributed by atoms with Crippen LogP contribution in [0.2, 0.25) is 0 Å². The van der Waals surface area contributed by atoms with E-state index >= 15 is 0 Å². The average molecular weight is 401 g/mol. The van der Waals surface area contributed by atoms with E-state index < -0.39 is 42.2 Å². The van der Waals surface area contributed by atoms with Crippen LogP contribution >= 0.6 is 0 Å². The van der Waals surface area contributed by atoms with Crippen molar-refractivity contribution in [1.29, 1.82) is 0 Å². The van der Waals surface area contributed by atoms with Gasteiger partial charge in [0.05, 0.1) is 25.6 Å². The van der Waals surface area contributed by atoms with Gasteiger partial charge in [-0.25, -0.2) is 4.79 Å². The molecule has 2 aromatic rings. The number of fused-ring (bicyclic) bond motifs is 1. The molecular weight excluding hydrogens is 378 g/mol. The van der Waals surface area contributed by atoms with Gasteiger partial charge in [-0.3, -0.25) is 14.4 Å². The molecule has 2 N–H and O–H groups in total. The van der Waals surface area contributed by atoms with Gasteiger partial charge < -0.3 is 19.9 Å². The standard InChI is InChI=1S/C21H23NO7/c1-3-28-17(23)12-16(21(27)29-4-2)18(20(25)26)22-19(24)15-11-7-9-13-8-5-6-10-14(13)15/h5-11,16,18H,3-4,12H2,1-2H3,(H,22,24)(H,25,26)/t16-,18+/m1/s1. The number of hydrogen-bond acceptors (Lipinski definition) is 6. The lowest BCUT2D eigenvalue weighted by molar-refractivity contribution is -0.159. The van der Waals surface area contributed by atoms with E-state index in [0.717, 1.165) is 5.39 Å². The molecule has 2 rings (SSSR count). The van der Waals surface area contributed by atoms with Crippen LogP contribution < -0.4 is 5.32 Å². The number of ether oxygens (including phenoxy) is 2. The third kappa shape index (κ3) is 5.54. The third-order valence-corrected chi connectivity index (χ3v) is 4.27. The highest BCUT2D eigenvalue weighted by molar-refractivity contribution is 6.08. The monoisotopic (exact) mass is 401 g/mol. The van der Waals surface area contributed by atoms with E-state index in [1.165, 1.54) is 0 Å². The van der Waals surface area contributed by atoms with Crippen molar-refractivity contribution in [3.05, 3.63) is 48.0 Å². The van der Waals surface area contributed by atoms with Crippen LogP contribution in [0, 0.1) is 5.92 Å². The molecule has 8 nitrogen and oxygen atoms in total. The molecule has 8 heteroatoms. The Kier molecular flexibility index (Phi) is 7.70. The Morgan fingerprint density at radius 2 is 1.62 bits per heavy atom. The Bertz CT molecular complexity index is 904. The van der Waals surface area contributed by atoms with E-state index in [9.17, 15) is 24.3 Å². The second-order valence-corrected chi connectivity index (χ2v) is 6.18. The highest BCUT2D eigenvalue weighted by Crippen LogP contribution is 2.20. The quantitative estimate of drug-likeness (QED) is 0.618. The molecule has 0 unspecified atom stereocenters. The van der Waals surface area contributed by atoms with Crippen LogP contribution in [0.4, 0.5) is 0 Å². The molecule has 0 bridgehead atoms. The summed E-state index contributed by atoms with van der Waals surface area (Å²) in [5.41, 5.74) is 0.257. The first kappa shape index (κ1) is 21.9. The number of hydrogen-bond donors (Lipinski definition) is 2. The molecule has 0 heterocycles. The molecule has 0 spiro atoms. The molecule has 0 aliphatic rings. The number of carbonyl (C=O) groups excluding carboxylic acids is 3. The fourth-order valence-electron chi connectivity index (χ4n) is 2.96. The summed E-state index contributed by atoms with van der Waals surface area (Å²) >= 11 is 0. The second kappa shape index (κ2) is 10.2. The van der Waals surface area contributed by atoms with Gasteiger partial charge in [0.1, 0.15) is 6.04 Å². The molecule has 1 amide bonds. The zero-order valence-electron chi connectivity index (χ0n) is 16.2. The number of esters is 2. The molecule has 0 fully saturated rings. The SMILES string of the molecule is CCOC(=O)C[C@@H](C(=O)OCC)[C@H](NC(=O)c1cccc2ccccc12)C(=O)O. The molecule has 0 aliphatic heterocycles. The van der Waals surface area contributed by atoms with Crippen LogP contribution in [0.3, 0.4) is 0 Å². The molecule has 0 aliphatic carbocycles. The summed E-state index contributed by atoms with van der Waals surface area (Å²) in [5.74, 6) is -5.21. The molecule has 2 aromatic carbocycles. The van der Waals surface area contributed by atoms with Gasteiger partial charge in [0.25, 0.3) is 5.91 Å². The van der Waals surface area contributed by atoms with Crippen LogP contribution in [0.15, 0.2) is 42.5 Å². The number of carboxylic acid groups (broad SMARTS) is 1. The predicted molar refractivity (Wildman–Crippen MR) is 104 cm³/mol. The van der Waals surface area contributed by atoms with Crippen molar-refractivity contribution in [2.75, 3.05) is 13.2 Å². The maximum absolute atomic E-state index is 12.8. The summed E-state index contributed by atoms with van der Waals surface area (Å²) in [6, 6.07) is 10.5. The highest BCUT2D eigenvalue weighted by Gasteiger charge is 2.38. The Hall–Kier alpha value is -3.42. The number of carboxylic acids is 1. The van der Waals surface area contributed by atoms with E-state index in [0.29, 0.717) is 5.39 Å². The summed E-state index contributed by atoms with van der Waals surface area (Å²) in [5, 5.41) is 13.4. The summed E-state index contributed by atoms with van der Waals surface area (Å²) < 4.78 is 9.74. The summed E-state index contributed by atoms with van der Waals surface area (Å²) in [6.45, 7) is 3.23. The molecule has 29 heavy (non-hydrogen) atoms. The van der Waals surface area contributed by atoms with Gasteiger partial charge >= 0.3 is 17.9 Å². The van der Waals surface area contributed by atoms with Crippen LogP contribution in [-0.2, 0) is 23.9 Å². The average Bonchev–Trinajstić information content (AvgIpc) is 2.70. The topological polar surface area (TPSA) is 119 Å². The van der Waals surface area contributed by atoms with Gasteiger partial charge in [-0.1, -0.05) is 36.4 Å². The van der Waals surface area contributed by atoms with E-state index in [4.69, 9.17) is 9.47 Å². The van der Waals surface area contributed by atoms with Gasteiger partial charge in [-0.2, -0.15) is 0 Å². The van der Waals surface area contributed by atoms with Crippen molar-refractivity contribution >= 4 is 34.6 Å². The van der Waals surface area contributed by atoms with Gasteiger partial charge in [-0.05, 0) is 30.7 Å². The molecule has 0 saturated carbocycles. The summed E-state index contributed by atoms with van der Waals surface area (Å²) in [6.07, 6.45) is -0.528. The normalized spacial score (nSPS) is 12.6. The molecule has 2 atom stereocenters. The maximum atomic E-state index is 12.8. The minimum absolute atomic E-state index is 0.00175. The van der Waals surface area contributed by atoms with Crippen molar-refractivity contribution in [2.24, 2.45) is 5.92 Å². The third-order valence-electron chi connectivity index (χ3n) is 4.27. The summed E-state index contributed by atoms with van der Waals surface area (Å²) in [7, 11) is 0. The Labute approximate surface area is 167 Å². The second-order valence-electron chi connectivity index (χ2n) is 6.18. The molecule has 0 aromatic heterocycles. The Balaban J connectivity index is 2.33. The largest absolute Gasteiger partial charge is 0.480 e. The van der Waals surface area contributed by atoms with Crippen molar-refractivity contribution in [2.45, 2.75) is 26.3 Å². The van der Waals surface area contributed by atoms with E-state index in [-0.39, 0.29) is 18.8 Å². The highest BCUT2D eigenvalue weighted by atomic mass is 16.5. The number of benzene rings is 2. The molecule has 0 radical (unpaired) electrons. The maximum Gasteiger partial charge on any atom is 0.327 e. The van der Waals surface area contributed by atoms with Gasteiger partial charge in [0.2, 0.25) is 0 Å². The molecular formula is C21H23NO7. The first-order valence-electron chi connectivity index (χ1n) is 9.22. The smallest absolute Gasteiger partial charge is 0.327 e. The Morgan fingerprint density at radius 1 is 0.966 bits per heavy atom. The lowest BCUT2D eigenvalue weighted by Gasteiger charge is -2.23. The predicted octanol–water partition coefficient (Wildman–Crippen LogP) is 2.16. The van der Waals surface area contributed by atoms with Gasteiger partial charge in [0.15, 0.2) is 0 Å². The van der Waals surface area contributed by atoms with Crippen LogP contribution in [0.1, 0.15) is 30.6 Å². The zero-order valence-corrected chi connectivity index (χ0v) is 16.2. The van der Waals surface area contributed by atoms with Gasteiger partial charge in [-0.15, -0.1) is 0 Å². The first-order chi connectivity index (χ1) is 13.9. The number of rotatable bonds is 9. The number of nitrogens with one attached hydrogen (secondary N) is 1. The summed E-state index contributed by atoms with van der Waals surface area (Å²) in [4.78, 5) is 48.9. The molecule has 0 saturated heterocycles. The van der Waals surface area contributed by atoms with Crippen LogP contribution in [0.25, 0.3) is 10.8 Å². The van der Waals surface area contributed by atoms with E-state index in [1.54, 1.807) is 38.1 Å². The minimum atomic E-state index is -1.66. The first-order valence-corrected chi connectivity index (χ1v) is 9.22. The van der Waals surface area contributed by atoms with Crippen molar-refractivity contribution < 1.29 is 33.8 Å². The number of carbonyl (C=O) groups is 4. The zero-order chi connectivity index (χ0) is 21.4. The molecule has 154 valence electrons. The Morgan fingerprint density at radius 3 is 2.28 bits per heavy atom. The number of amides is 1.